The van der Waals surface area contributed by atoms with E-state index in [1.807, 2.05) is 43.5 Å². The Hall–Kier alpha value is -1.68. The van der Waals surface area contributed by atoms with Gasteiger partial charge in [-0.15, -0.1) is 11.3 Å². The van der Waals surface area contributed by atoms with E-state index >= 15 is 0 Å². The van der Waals surface area contributed by atoms with E-state index in [4.69, 9.17) is 0 Å². The Kier molecular flexibility index (Phi) is 5.52. The van der Waals surface area contributed by atoms with Crippen molar-refractivity contribution in [3.8, 4) is 0 Å². The van der Waals surface area contributed by atoms with Crippen LogP contribution in [-0.4, -0.2) is 18.2 Å². The van der Waals surface area contributed by atoms with Crippen LogP contribution in [0, 0.1) is 23.2 Å². The van der Waals surface area contributed by atoms with Crippen LogP contribution in [0.4, 0.5) is 0 Å². The molecule has 3 nitrogen and oxygen atoms in total. The maximum absolute atomic E-state index is 12.9. The molecular weight excluding hydrogens is 342 g/mol. The van der Waals surface area contributed by atoms with E-state index in [2.05, 4.69) is 19.2 Å². The van der Waals surface area contributed by atoms with Gasteiger partial charge in [-0.05, 0) is 42.1 Å². The average Bonchev–Trinajstić information content (AvgIpc) is 3.08. The summed E-state index contributed by atoms with van der Waals surface area (Å²) in [5.41, 5.74) is 1.04. The summed E-state index contributed by atoms with van der Waals surface area (Å²) in [5.74, 6) is 1.47. The number of carbonyl (C=O) groups is 2. The topological polar surface area (TPSA) is 46.2 Å². The highest BCUT2D eigenvalue weighted by Crippen LogP contribution is 2.61. The molecule has 3 aliphatic carbocycles. The summed E-state index contributed by atoms with van der Waals surface area (Å²) in [6.07, 6.45) is 3.80. The van der Waals surface area contributed by atoms with Gasteiger partial charge >= 0.3 is 0 Å². The zero-order chi connectivity index (χ0) is 18.9. The van der Waals surface area contributed by atoms with E-state index in [1.165, 1.54) is 6.42 Å². The van der Waals surface area contributed by atoms with E-state index in [-0.39, 0.29) is 23.3 Å². The van der Waals surface area contributed by atoms with E-state index in [1.54, 1.807) is 11.3 Å². The number of carbonyl (C=O) groups excluding carboxylic acids is 2. The van der Waals surface area contributed by atoms with Crippen molar-refractivity contribution in [3.63, 3.8) is 0 Å². The fourth-order valence-electron chi connectivity index (χ4n) is 4.87. The van der Waals surface area contributed by atoms with Gasteiger partial charge < -0.3 is 10.1 Å². The monoisotopic (exact) mass is 371 g/mol. The fourth-order valence-corrected chi connectivity index (χ4v) is 5.81. The Morgan fingerprint density at radius 3 is 2.69 bits per heavy atom. The lowest BCUT2D eigenvalue weighted by Gasteiger charge is -2.62. The quantitative estimate of drug-likeness (QED) is 0.742. The standard InChI is InChI=1S/C20H23NO2S.C2H6/c1-20(2)13-9-12(7-8-22)18(16(20)10-13)21-19(23)15-11-24-17-6-4-3-5-14(15)17;1-2/h3-6,8,11-13,16,18H,7,9-10H2,1-2H3,(H,21,23);1-2H3/t12?,13?,16?,18-;/m1./s1. The normalized spacial score (nSPS) is 28.5. The van der Waals surface area contributed by atoms with Gasteiger partial charge in [0.1, 0.15) is 6.29 Å². The number of amides is 1. The van der Waals surface area contributed by atoms with Crippen LogP contribution < -0.4 is 5.32 Å². The van der Waals surface area contributed by atoms with Crippen LogP contribution in [0.2, 0.25) is 0 Å². The molecule has 26 heavy (non-hydrogen) atoms. The molecule has 3 aliphatic rings. The molecule has 1 amide bonds. The summed E-state index contributed by atoms with van der Waals surface area (Å²) in [6.45, 7) is 8.62. The molecule has 1 aromatic heterocycles. The summed E-state index contributed by atoms with van der Waals surface area (Å²) >= 11 is 1.61. The highest BCUT2D eigenvalue weighted by Gasteiger charge is 2.57. The molecule has 3 fully saturated rings. The first-order valence-corrected chi connectivity index (χ1v) is 10.6. The van der Waals surface area contributed by atoms with Gasteiger partial charge in [0.2, 0.25) is 0 Å². The molecule has 140 valence electrons. The minimum Gasteiger partial charge on any atom is -0.349 e. The molecule has 1 N–H and O–H groups in total. The van der Waals surface area contributed by atoms with Crippen molar-refractivity contribution in [2.75, 3.05) is 0 Å². The minimum absolute atomic E-state index is 0.00880. The smallest absolute Gasteiger partial charge is 0.252 e. The summed E-state index contributed by atoms with van der Waals surface area (Å²) in [6, 6.07) is 8.14. The second kappa shape index (κ2) is 7.51. The van der Waals surface area contributed by atoms with Gasteiger partial charge in [0.05, 0.1) is 5.56 Å². The lowest BCUT2D eigenvalue weighted by Crippen LogP contribution is -2.63. The van der Waals surface area contributed by atoms with Crippen molar-refractivity contribution >= 4 is 33.6 Å². The third kappa shape index (κ3) is 3.09. The van der Waals surface area contributed by atoms with Gasteiger partial charge in [-0.3, -0.25) is 4.79 Å². The van der Waals surface area contributed by atoms with Crippen LogP contribution in [0.15, 0.2) is 29.6 Å². The summed E-state index contributed by atoms with van der Waals surface area (Å²) in [5, 5.41) is 6.27. The average molecular weight is 372 g/mol. The maximum atomic E-state index is 12.9. The summed E-state index contributed by atoms with van der Waals surface area (Å²) in [7, 11) is 0. The van der Waals surface area contributed by atoms with Crippen LogP contribution >= 0.6 is 11.3 Å². The Bertz CT molecular complexity index is 794. The van der Waals surface area contributed by atoms with E-state index < -0.39 is 0 Å². The van der Waals surface area contributed by atoms with Crippen molar-refractivity contribution in [1.29, 1.82) is 0 Å². The molecule has 0 aliphatic heterocycles. The Balaban J connectivity index is 0.000000948. The number of rotatable bonds is 4. The molecule has 3 saturated carbocycles. The summed E-state index contributed by atoms with van der Waals surface area (Å²) < 4.78 is 1.14. The van der Waals surface area contributed by atoms with Crippen LogP contribution in [-0.2, 0) is 4.79 Å². The number of nitrogens with one attached hydrogen (secondary N) is 1. The molecule has 5 rings (SSSR count). The number of hydrogen-bond acceptors (Lipinski definition) is 3. The molecule has 0 spiro atoms. The second-order valence-corrected chi connectivity index (χ2v) is 8.81. The molecule has 2 bridgehead atoms. The Labute approximate surface area is 160 Å². The van der Waals surface area contributed by atoms with Crippen LogP contribution in [0.5, 0.6) is 0 Å². The molecule has 1 aromatic carbocycles. The first kappa shape index (κ1) is 19.1. The van der Waals surface area contributed by atoms with Gasteiger partial charge in [-0.1, -0.05) is 45.9 Å². The number of fused-ring (bicyclic) bond motifs is 3. The zero-order valence-electron chi connectivity index (χ0n) is 16.1. The first-order chi connectivity index (χ1) is 12.5. The first-order valence-electron chi connectivity index (χ1n) is 9.73. The second-order valence-electron chi connectivity index (χ2n) is 7.90. The van der Waals surface area contributed by atoms with Crippen LogP contribution in [0.3, 0.4) is 0 Å². The van der Waals surface area contributed by atoms with Crippen molar-refractivity contribution in [3.05, 3.63) is 35.2 Å². The molecule has 4 heteroatoms. The van der Waals surface area contributed by atoms with Gasteiger partial charge in [0.25, 0.3) is 5.91 Å². The number of hydrogen-bond donors (Lipinski definition) is 1. The predicted molar refractivity (Wildman–Crippen MR) is 109 cm³/mol. The van der Waals surface area contributed by atoms with Crippen LogP contribution in [0.1, 0.15) is 57.3 Å². The molecular formula is C22H29NO2S. The maximum Gasteiger partial charge on any atom is 0.252 e. The molecule has 3 unspecified atom stereocenters. The van der Waals surface area contributed by atoms with Crippen molar-refractivity contribution < 1.29 is 9.59 Å². The lowest BCUT2D eigenvalue weighted by molar-refractivity contribution is -0.123. The molecule has 4 atom stereocenters. The summed E-state index contributed by atoms with van der Waals surface area (Å²) in [4.78, 5) is 24.0. The van der Waals surface area contributed by atoms with Crippen molar-refractivity contribution in [2.45, 2.75) is 53.0 Å². The molecule has 0 radical (unpaired) electrons. The number of thiophene rings is 1. The highest BCUT2D eigenvalue weighted by atomic mass is 32.1. The van der Waals surface area contributed by atoms with Crippen LogP contribution in [0.25, 0.3) is 10.1 Å². The van der Waals surface area contributed by atoms with Gasteiger partial charge in [-0.2, -0.15) is 0 Å². The number of aldehydes is 1. The molecule has 0 saturated heterocycles. The van der Waals surface area contributed by atoms with Crippen molar-refractivity contribution in [2.24, 2.45) is 23.2 Å². The van der Waals surface area contributed by atoms with Gasteiger partial charge in [-0.25, -0.2) is 0 Å². The Morgan fingerprint density at radius 2 is 2.00 bits per heavy atom. The molecule has 1 heterocycles. The van der Waals surface area contributed by atoms with E-state index in [0.29, 0.717) is 18.3 Å². The van der Waals surface area contributed by atoms with E-state index in [0.717, 1.165) is 28.4 Å². The predicted octanol–water partition coefficient (Wildman–Crippen LogP) is 5.30. The minimum atomic E-state index is 0.00880. The third-order valence-electron chi connectivity index (χ3n) is 6.50. The fraction of sp³-hybridized carbons (Fsp3) is 0.545. The SMILES string of the molecule is CC.CC1(C)C2CC(CC=O)[C@@H](NC(=O)c3csc4ccccc34)C1C2. The zero-order valence-corrected chi connectivity index (χ0v) is 16.9. The van der Waals surface area contributed by atoms with Gasteiger partial charge in [0, 0.05) is 27.9 Å². The van der Waals surface area contributed by atoms with Crippen molar-refractivity contribution in [1.82, 2.24) is 5.32 Å². The third-order valence-corrected chi connectivity index (χ3v) is 7.46. The van der Waals surface area contributed by atoms with Gasteiger partial charge in [0.15, 0.2) is 0 Å². The number of benzene rings is 1. The van der Waals surface area contributed by atoms with E-state index in [9.17, 15) is 9.59 Å². The lowest BCUT2D eigenvalue weighted by atomic mass is 9.44. The largest absolute Gasteiger partial charge is 0.349 e. The highest BCUT2D eigenvalue weighted by molar-refractivity contribution is 7.17. The molecule has 2 aromatic rings. The Morgan fingerprint density at radius 1 is 1.27 bits per heavy atom.